The molecule has 2 aromatic rings. The van der Waals surface area contributed by atoms with Gasteiger partial charge in [0.05, 0.1) is 0 Å². The first kappa shape index (κ1) is 17.4. The van der Waals surface area contributed by atoms with Crippen LogP contribution in [0.25, 0.3) is 12.2 Å². The Morgan fingerprint density at radius 1 is 1.42 bits per heavy atom. The maximum Gasteiger partial charge on any atom is 0.226 e. The van der Waals surface area contributed by atoms with Crippen molar-refractivity contribution in [3.05, 3.63) is 76.8 Å². The monoisotopic (exact) mass is 351 g/mol. The summed E-state index contributed by atoms with van der Waals surface area (Å²) in [5, 5.41) is 2.99. The van der Waals surface area contributed by atoms with Crippen LogP contribution in [-0.4, -0.2) is 17.5 Å². The van der Waals surface area contributed by atoms with Gasteiger partial charge in [0.15, 0.2) is 11.6 Å². The van der Waals surface area contributed by atoms with Crippen molar-refractivity contribution in [3.8, 4) is 0 Å². The quantitative estimate of drug-likeness (QED) is 0.608. The summed E-state index contributed by atoms with van der Waals surface area (Å²) in [6.45, 7) is 5.77. The number of halogens is 1. The van der Waals surface area contributed by atoms with Gasteiger partial charge in [0, 0.05) is 29.9 Å². The molecule has 26 heavy (non-hydrogen) atoms. The van der Waals surface area contributed by atoms with Crippen LogP contribution in [0.15, 0.2) is 59.2 Å². The molecule has 0 saturated heterocycles. The average Bonchev–Trinajstić information content (AvgIpc) is 3.17. The molecule has 1 aromatic carbocycles. The number of rotatable bonds is 6. The molecule has 0 aliphatic carbocycles. The molecule has 3 rings (SSSR count). The SMILES string of the molecule is C=Nc1[nH]cc(/C=C2\OC(NCc3cccc(F)c3)=CC2=O)c1/C=C\C. The summed E-state index contributed by atoms with van der Waals surface area (Å²) in [5.41, 5.74) is 2.35. The van der Waals surface area contributed by atoms with Crippen LogP contribution in [0.2, 0.25) is 0 Å². The van der Waals surface area contributed by atoms with E-state index in [0.717, 1.165) is 16.7 Å². The van der Waals surface area contributed by atoms with Gasteiger partial charge in [-0.05, 0) is 37.4 Å². The van der Waals surface area contributed by atoms with Gasteiger partial charge in [-0.2, -0.15) is 0 Å². The van der Waals surface area contributed by atoms with Gasteiger partial charge in [0.2, 0.25) is 5.78 Å². The van der Waals surface area contributed by atoms with E-state index in [1.54, 1.807) is 24.4 Å². The fourth-order valence-electron chi connectivity index (χ4n) is 2.58. The van der Waals surface area contributed by atoms with Gasteiger partial charge in [-0.1, -0.05) is 24.3 Å². The van der Waals surface area contributed by atoms with E-state index in [2.05, 4.69) is 22.0 Å². The average molecular weight is 351 g/mol. The minimum absolute atomic E-state index is 0.201. The highest BCUT2D eigenvalue weighted by Crippen LogP contribution is 2.27. The van der Waals surface area contributed by atoms with Gasteiger partial charge in [-0.15, -0.1) is 0 Å². The largest absolute Gasteiger partial charge is 0.437 e. The third-order valence-electron chi connectivity index (χ3n) is 3.79. The highest BCUT2D eigenvalue weighted by Gasteiger charge is 2.21. The van der Waals surface area contributed by atoms with Crippen LogP contribution in [-0.2, 0) is 16.1 Å². The molecule has 0 radical (unpaired) electrons. The Labute approximate surface area is 150 Å². The van der Waals surface area contributed by atoms with Crippen molar-refractivity contribution < 1.29 is 13.9 Å². The van der Waals surface area contributed by atoms with E-state index in [9.17, 15) is 9.18 Å². The molecule has 0 unspecified atom stereocenters. The fourth-order valence-corrected chi connectivity index (χ4v) is 2.58. The number of benzene rings is 1. The number of ketones is 1. The zero-order valence-electron chi connectivity index (χ0n) is 14.3. The molecule has 1 aliphatic heterocycles. The maximum atomic E-state index is 13.2. The lowest BCUT2D eigenvalue weighted by Gasteiger charge is -2.07. The molecule has 0 saturated carbocycles. The molecular formula is C20H18FN3O2. The predicted octanol–water partition coefficient (Wildman–Crippen LogP) is 4.09. The van der Waals surface area contributed by atoms with Gasteiger partial charge in [0.25, 0.3) is 0 Å². The molecule has 132 valence electrons. The van der Waals surface area contributed by atoms with Crippen molar-refractivity contribution in [3.63, 3.8) is 0 Å². The van der Waals surface area contributed by atoms with Gasteiger partial charge in [-0.25, -0.2) is 9.38 Å². The van der Waals surface area contributed by atoms with Crippen LogP contribution < -0.4 is 5.32 Å². The third kappa shape index (κ3) is 3.80. The second kappa shape index (κ2) is 7.65. The highest BCUT2D eigenvalue weighted by atomic mass is 19.1. The van der Waals surface area contributed by atoms with E-state index in [-0.39, 0.29) is 17.4 Å². The molecule has 0 fully saturated rings. The second-order valence-electron chi connectivity index (χ2n) is 5.63. The van der Waals surface area contributed by atoms with Crippen LogP contribution in [0, 0.1) is 5.82 Å². The standard InChI is InChI=1S/C20H18FN3O2/c1-3-5-16-14(12-24-20(16)22-2)9-18-17(25)10-19(26-18)23-11-13-6-4-7-15(21)8-13/h3-10,12,23-24H,2,11H2,1H3/b5-3-,18-9-. The maximum absolute atomic E-state index is 13.2. The van der Waals surface area contributed by atoms with Crippen molar-refractivity contribution in [2.45, 2.75) is 13.5 Å². The van der Waals surface area contributed by atoms with Gasteiger partial charge in [0.1, 0.15) is 11.6 Å². The number of aromatic amines is 1. The van der Waals surface area contributed by atoms with Crippen LogP contribution in [0.3, 0.4) is 0 Å². The van der Waals surface area contributed by atoms with E-state index in [4.69, 9.17) is 4.74 Å². The smallest absolute Gasteiger partial charge is 0.226 e. The van der Waals surface area contributed by atoms with E-state index in [0.29, 0.717) is 18.2 Å². The Kier molecular flexibility index (Phi) is 5.12. The molecule has 6 heteroatoms. The van der Waals surface area contributed by atoms with Crippen LogP contribution in [0.1, 0.15) is 23.6 Å². The summed E-state index contributed by atoms with van der Waals surface area (Å²) in [6, 6.07) is 6.22. The number of aliphatic imine (C=N–C) groups is 1. The first-order valence-corrected chi connectivity index (χ1v) is 8.05. The van der Waals surface area contributed by atoms with E-state index >= 15 is 0 Å². The molecule has 2 heterocycles. The Balaban J connectivity index is 1.72. The lowest BCUT2D eigenvalue weighted by Crippen LogP contribution is -2.12. The number of nitrogens with zero attached hydrogens (tertiary/aromatic N) is 1. The molecular weight excluding hydrogens is 333 g/mol. The summed E-state index contributed by atoms with van der Waals surface area (Å²) in [4.78, 5) is 19.1. The summed E-state index contributed by atoms with van der Waals surface area (Å²) in [6.07, 6.45) is 8.52. The zero-order valence-corrected chi connectivity index (χ0v) is 14.3. The number of aromatic nitrogens is 1. The number of hydrogen-bond donors (Lipinski definition) is 2. The molecule has 0 amide bonds. The first-order chi connectivity index (χ1) is 12.6. The predicted molar refractivity (Wildman–Crippen MR) is 100 cm³/mol. The minimum atomic E-state index is -0.308. The van der Waals surface area contributed by atoms with E-state index in [1.807, 2.05) is 19.1 Å². The number of carbonyl (C=O) groups excluding carboxylic acids is 1. The lowest BCUT2D eigenvalue weighted by molar-refractivity contribution is -0.112. The fraction of sp³-hybridized carbons (Fsp3) is 0.100. The lowest BCUT2D eigenvalue weighted by atomic mass is 10.1. The molecule has 0 spiro atoms. The molecule has 0 bridgehead atoms. The number of H-pyrrole nitrogens is 1. The molecule has 1 aromatic heterocycles. The van der Waals surface area contributed by atoms with Gasteiger partial charge < -0.3 is 15.0 Å². The summed E-state index contributed by atoms with van der Waals surface area (Å²) < 4.78 is 18.8. The van der Waals surface area contributed by atoms with E-state index in [1.165, 1.54) is 18.2 Å². The third-order valence-corrected chi connectivity index (χ3v) is 3.79. The minimum Gasteiger partial charge on any atom is -0.437 e. The van der Waals surface area contributed by atoms with Crippen molar-refractivity contribution >= 4 is 30.5 Å². The molecule has 1 aliphatic rings. The normalized spacial score (nSPS) is 15.4. The van der Waals surface area contributed by atoms with Crippen molar-refractivity contribution in [2.75, 3.05) is 0 Å². The van der Waals surface area contributed by atoms with Crippen LogP contribution in [0.4, 0.5) is 10.2 Å². The molecule has 2 N–H and O–H groups in total. The molecule has 5 nitrogen and oxygen atoms in total. The number of hydrogen-bond acceptors (Lipinski definition) is 4. The van der Waals surface area contributed by atoms with Crippen molar-refractivity contribution in [2.24, 2.45) is 4.99 Å². The Bertz CT molecular complexity index is 938. The Hall–Kier alpha value is -3.41. The number of nitrogens with one attached hydrogen (secondary N) is 2. The number of ether oxygens (including phenoxy) is 1. The van der Waals surface area contributed by atoms with Crippen LogP contribution in [0.5, 0.6) is 0 Å². The summed E-state index contributed by atoms with van der Waals surface area (Å²) in [7, 11) is 0. The summed E-state index contributed by atoms with van der Waals surface area (Å²) in [5.74, 6) is 0.603. The topological polar surface area (TPSA) is 66.5 Å². The Morgan fingerprint density at radius 2 is 2.27 bits per heavy atom. The van der Waals surface area contributed by atoms with Gasteiger partial charge >= 0.3 is 0 Å². The highest BCUT2D eigenvalue weighted by molar-refractivity contribution is 6.08. The number of carbonyl (C=O) groups is 1. The van der Waals surface area contributed by atoms with Crippen molar-refractivity contribution in [1.82, 2.24) is 10.3 Å². The zero-order chi connectivity index (χ0) is 18.5. The Morgan fingerprint density at radius 3 is 3.00 bits per heavy atom. The second-order valence-corrected chi connectivity index (χ2v) is 5.63. The van der Waals surface area contributed by atoms with Gasteiger partial charge in [-0.3, -0.25) is 4.79 Å². The summed E-state index contributed by atoms with van der Waals surface area (Å²) >= 11 is 0. The van der Waals surface area contributed by atoms with E-state index < -0.39 is 0 Å². The molecule has 0 atom stereocenters. The number of allylic oxidation sites excluding steroid dienone is 2. The van der Waals surface area contributed by atoms with Crippen LogP contribution >= 0.6 is 0 Å². The first-order valence-electron chi connectivity index (χ1n) is 8.05. The van der Waals surface area contributed by atoms with Crippen molar-refractivity contribution in [1.29, 1.82) is 0 Å².